The van der Waals surface area contributed by atoms with Crippen LogP contribution in [0, 0.1) is 5.92 Å². The van der Waals surface area contributed by atoms with Crippen molar-refractivity contribution >= 4 is 11.6 Å². The van der Waals surface area contributed by atoms with Crippen molar-refractivity contribution < 1.29 is 4.74 Å². The van der Waals surface area contributed by atoms with Crippen LogP contribution in [-0.4, -0.2) is 12.6 Å². The van der Waals surface area contributed by atoms with E-state index in [4.69, 9.17) is 16.3 Å². The van der Waals surface area contributed by atoms with E-state index in [9.17, 15) is 0 Å². The molecule has 1 fully saturated rings. The smallest absolute Gasteiger partial charge is 0.126 e. The predicted octanol–water partition coefficient (Wildman–Crippen LogP) is 2.77. The Kier molecular flexibility index (Phi) is 2.15. The standard InChI is InChI=1S/C12H14ClNO/c1-7-4-5-14-11-9-3-2-8(13)6-10(9)15-12(7)11/h2-3,6-7,11-12,14H,4-5H2,1H3/t7-,11?,12-/m0/s1. The molecule has 2 aliphatic heterocycles. The first-order chi connectivity index (χ1) is 7.25. The molecule has 3 atom stereocenters. The van der Waals surface area contributed by atoms with Crippen LogP contribution in [0.15, 0.2) is 18.2 Å². The van der Waals surface area contributed by atoms with E-state index in [2.05, 4.69) is 18.3 Å². The third kappa shape index (κ3) is 1.44. The van der Waals surface area contributed by atoms with Crippen LogP contribution in [0.2, 0.25) is 5.02 Å². The molecule has 0 saturated carbocycles. The van der Waals surface area contributed by atoms with Crippen LogP contribution in [0.25, 0.3) is 0 Å². The maximum Gasteiger partial charge on any atom is 0.126 e. The molecule has 2 nitrogen and oxygen atoms in total. The van der Waals surface area contributed by atoms with E-state index in [0.29, 0.717) is 12.0 Å². The normalized spacial score (nSPS) is 33.1. The maximum absolute atomic E-state index is 5.96. The summed E-state index contributed by atoms with van der Waals surface area (Å²) in [6.45, 7) is 3.33. The Labute approximate surface area is 94.6 Å². The zero-order valence-corrected chi connectivity index (χ0v) is 9.42. The van der Waals surface area contributed by atoms with E-state index < -0.39 is 0 Å². The molecular weight excluding hydrogens is 210 g/mol. The van der Waals surface area contributed by atoms with Crippen molar-refractivity contribution in [2.45, 2.75) is 25.5 Å². The van der Waals surface area contributed by atoms with E-state index in [-0.39, 0.29) is 6.10 Å². The molecule has 0 aromatic heterocycles. The zero-order chi connectivity index (χ0) is 10.4. The number of benzene rings is 1. The van der Waals surface area contributed by atoms with E-state index in [0.717, 1.165) is 17.3 Å². The highest BCUT2D eigenvalue weighted by atomic mass is 35.5. The van der Waals surface area contributed by atoms with Gasteiger partial charge in [0.05, 0.1) is 6.04 Å². The largest absolute Gasteiger partial charge is 0.488 e. The second-order valence-electron chi connectivity index (χ2n) is 4.46. The molecule has 1 saturated heterocycles. The molecule has 3 rings (SSSR count). The molecule has 1 unspecified atom stereocenters. The average molecular weight is 224 g/mol. The molecule has 0 aliphatic carbocycles. The summed E-state index contributed by atoms with van der Waals surface area (Å²) in [6, 6.07) is 6.30. The molecule has 0 bridgehead atoms. The van der Waals surface area contributed by atoms with Crippen LogP contribution in [0.1, 0.15) is 24.9 Å². The average Bonchev–Trinajstić information content (AvgIpc) is 2.57. The van der Waals surface area contributed by atoms with Crippen molar-refractivity contribution in [1.82, 2.24) is 5.32 Å². The summed E-state index contributed by atoms with van der Waals surface area (Å²) in [6.07, 6.45) is 1.47. The number of hydrogen-bond donors (Lipinski definition) is 1. The van der Waals surface area contributed by atoms with Gasteiger partial charge in [-0.1, -0.05) is 24.6 Å². The Bertz CT molecular complexity index is 393. The van der Waals surface area contributed by atoms with Gasteiger partial charge in [0.2, 0.25) is 0 Å². The summed E-state index contributed by atoms with van der Waals surface area (Å²) in [5.74, 6) is 1.57. The Morgan fingerprint density at radius 3 is 3.20 bits per heavy atom. The molecule has 1 aromatic carbocycles. The van der Waals surface area contributed by atoms with Gasteiger partial charge in [-0.25, -0.2) is 0 Å². The van der Waals surface area contributed by atoms with Crippen molar-refractivity contribution in [3.05, 3.63) is 28.8 Å². The highest BCUT2D eigenvalue weighted by Crippen LogP contribution is 2.42. The number of hydrogen-bond acceptors (Lipinski definition) is 2. The SMILES string of the molecule is C[C@H]1CCNC2c3ccc(Cl)cc3O[C@H]21. The summed E-state index contributed by atoms with van der Waals surface area (Å²) in [4.78, 5) is 0. The maximum atomic E-state index is 5.96. The van der Waals surface area contributed by atoms with Gasteiger partial charge in [-0.05, 0) is 31.0 Å². The number of piperidine rings is 1. The fourth-order valence-corrected chi connectivity index (χ4v) is 2.72. The van der Waals surface area contributed by atoms with Crippen molar-refractivity contribution in [2.24, 2.45) is 5.92 Å². The molecule has 3 heteroatoms. The lowest BCUT2D eigenvalue weighted by molar-refractivity contribution is 0.101. The third-order valence-corrected chi connectivity index (χ3v) is 3.66. The summed E-state index contributed by atoms with van der Waals surface area (Å²) in [7, 11) is 0. The molecule has 2 heterocycles. The van der Waals surface area contributed by atoms with Crippen molar-refractivity contribution in [3.63, 3.8) is 0 Å². The predicted molar refractivity (Wildman–Crippen MR) is 60.4 cm³/mol. The fraction of sp³-hybridized carbons (Fsp3) is 0.500. The van der Waals surface area contributed by atoms with Gasteiger partial charge in [0.15, 0.2) is 0 Å². The van der Waals surface area contributed by atoms with Crippen LogP contribution >= 0.6 is 11.6 Å². The lowest BCUT2D eigenvalue weighted by Crippen LogP contribution is -2.42. The first-order valence-corrected chi connectivity index (χ1v) is 5.83. The quantitative estimate of drug-likeness (QED) is 0.730. The van der Waals surface area contributed by atoms with Gasteiger partial charge >= 0.3 is 0 Å². The fourth-order valence-electron chi connectivity index (χ4n) is 2.56. The van der Waals surface area contributed by atoms with E-state index >= 15 is 0 Å². The van der Waals surface area contributed by atoms with Gasteiger partial charge in [0.25, 0.3) is 0 Å². The van der Waals surface area contributed by atoms with E-state index in [1.54, 1.807) is 0 Å². The Morgan fingerprint density at radius 2 is 2.33 bits per heavy atom. The summed E-state index contributed by atoms with van der Waals surface area (Å²) in [5.41, 5.74) is 1.26. The topological polar surface area (TPSA) is 21.3 Å². The number of rotatable bonds is 0. The lowest BCUT2D eigenvalue weighted by Gasteiger charge is -2.31. The van der Waals surface area contributed by atoms with Gasteiger partial charge < -0.3 is 10.1 Å². The molecule has 80 valence electrons. The monoisotopic (exact) mass is 223 g/mol. The van der Waals surface area contributed by atoms with Gasteiger partial charge in [0, 0.05) is 10.6 Å². The molecule has 1 N–H and O–H groups in total. The third-order valence-electron chi connectivity index (χ3n) is 3.43. The van der Waals surface area contributed by atoms with Crippen LogP contribution in [0.5, 0.6) is 5.75 Å². The van der Waals surface area contributed by atoms with Gasteiger partial charge in [-0.2, -0.15) is 0 Å². The minimum absolute atomic E-state index is 0.284. The first kappa shape index (κ1) is 9.49. The van der Waals surface area contributed by atoms with Crippen molar-refractivity contribution in [1.29, 1.82) is 0 Å². The van der Waals surface area contributed by atoms with Crippen LogP contribution in [-0.2, 0) is 0 Å². The minimum Gasteiger partial charge on any atom is -0.488 e. The zero-order valence-electron chi connectivity index (χ0n) is 8.66. The van der Waals surface area contributed by atoms with Crippen LogP contribution in [0.3, 0.4) is 0 Å². The number of ether oxygens (including phenoxy) is 1. The molecule has 15 heavy (non-hydrogen) atoms. The Balaban J connectivity index is 2.00. The second kappa shape index (κ2) is 3.39. The molecule has 0 amide bonds. The second-order valence-corrected chi connectivity index (χ2v) is 4.90. The number of halogens is 1. The Morgan fingerprint density at radius 1 is 1.47 bits per heavy atom. The first-order valence-electron chi connectivity index (χ1n) is 5.45. The van der Waals surface area contributed by atoms with E-state index in [1.165, 1.54) is 12.0 Å². The van der Waals surface area contributed by atoms with E-state index in [1.807, 2.05) is 12.1 Å². The molecular formula is C12H14ClNO. The minimum atomic E-state index is 0.284. The van der Waals surface area contributed by atoms with Gasteiger partial charge in [0.1, 0.15) is 11.9 Å². The molecule has 0 spiro atoms. The Hall–Kier alpha value is -0.730. The number of fused-ring (bicyclic) bond motifs is 3. The number of nitrogens with one attached hydrogen (secondary N) is 1. The van der Waals surface area contributed by atoms with Gasteiger partial charge in [-0.15, -0.1) is 0 Å². The summed E-state index contributed by atoms with van der Waals surface area (Å²) >= 11 is 5.96. The summed E-state index contributed by atoms with van der Waals surface area (Å²) < 4.78 is 5.96. The lowest BCUT2D eigenvalue weighted by atomic mass is 9.89. The van der Waals surface area contributed by atoms with Crippen molar-refractivity contribution in [3.8, 4) is 5.75 Å². The highest BCUT2D eigenvalue weighted by Gasteiger charge is 2.39. The molecule has 2 aliphatic rings. The van der Waals surface area contributed by atoms with Gasteiger partial charge in [-0.3, -0.25) is 0 Å². The van der Waals surface area contributed by atoms with Crippen LogP contribution < -0.4 is 10.1 Å². The summed E-state index contributed by atoms with van der Waals surface area (Å²) in [5, 5.41) is 4.27. The highest BCUT2D eigenvalue weighted by molar-refractivity contribution is 6.30. The van der Waals surface area contributed by atoms with Crippen molar-refractivity contribution in [2.75, 3.05) is 6.54 Å². The molecule has 0 radical (unpaired) electrons. The van der Waals surface area contributed by atoms with Crippen LogP contribution in [0.4, 0.5) is 0 Å². The molecule has 1 aromatic rings.